The van der Waals surface area contributed by atoms with E-state index in [-0.39, 0.29) is 18.8 Å². The van der Waals surface area contributed by atoms with Crippen molar-refractivity contribution in [2.45, 2.75) is 32.0 Å². The van der Waals surface area contributed by atoms with E-state index in [1.54, 1.807) is 18.2 Å². The number of alkyl halides is 3. The molecule has 2 nitrogen and oxygen atoms in total. The normalized spacial score (nSPS) is 12.8. The average molecular weight is 284 g/mol. The smallest absolute Gasteiger partial charge is 0.389 e. The second-order valence-electron chi connectivity index (χ2n) is 3.98. The molecule has 0 fully saturated rings. The minimum Gasteiger partial charge on any atom is -0.497 e. The summed E-state index contributed by atoms with van der Waals surface area (Å²) in [7, 11) is 1.54. The highest BCUT2D eigenvalue weighted by Crippen LogP contribution is 2.28. The third kappa shape index (κ3) is 5.14. The highest BCUT2D eigenvalue weighted by Gasteiger charge is 2.28. The summed E-state index contributed by atoms with van der Waals surface area (Å²) in [5.41, 5.74) is 7.33. The molecule has 6 heteroatoms. The highest BCUT2D eigenvalue weighted by atomic mass is 35.5. The third-order valence-electron chi connectivity index (χ3n) is 2.62. The Bertz CT molecular complexity index is 382. The molecule has 1 aromatic carbocycles. The summed E-state index contributed by atoms with van der Waals surface area (Å²) in [5.74, 6) is 0.675. The maximum absolute atomic E-state index is 12.1. The van der Waals surface area contributed by atoms with Gasteiger partial charge in [0.25, 0.3) is 0 Å². The van der Waals surface area contributed by atoms with Crippen LogP contribution in [-0.4, -0.2) is 13.3 Å². The SMILES string of the molecule is COc1ccc([C@H](N)CCC(F)(F)F)c(C)c1.Cl. The molecule has 0 aliphatic heterocycles. The molecule has 0 saturated carbocycles. The summed E-state index contributed by atoms with van der Waals surface area (Å²) < 4.78 is 41.2. The molecule has 104 valence electrons. The van der Waals surface area contributed by atoms with Gasteiger partial charge in [0.05, 0.1) is 7.11 Å². The Kier molecular flexibility index (Phi) is 6.49. The quantitative estimate of drug-likeness (QED) is 0.913. The van der Waals surface area contributed by atoms with E-state index >= 15 is 0 Å². The molecule has 0 heterocycles. The van der Waals surface area contributed by atoms with Crippen molar-refractivity contribution in [1.29, 1.82) is 0 Å². The molecule has 2 N–H and O–H groups in total. The van der Waals surface area contributed by atoms with Crippen LogP contribution in [0.3, 0.4) is 0 Å². The van der Waals surface area contributed by atoms with Gasteiger partial charge in [0.2, 0.25) is 0 Å². The van der Waals surface area contributed by atoms with E-state index in [9.17, 15) is 13.2 Å². The lowest BCUT2D eigenvalue weighted by Crippen LogP contribution is -2.16. The van der Waals surface area contributed by atoms with Gasteiger partial charge in [-0.1, -0.05) is 6.07 Å². The fourth-order valence-electron chi connectivity index (χ4n) is 1.67. The standard InChI is InChI=1S/C12H16F3NO.ClH/c1-8-7-9(17-2)3-4-10(8)11(16)5-6-12(13,14)15;/h3-4,7,11H,5-6,16H2,1-2H3;1H/t11-;/m1./s1. The first-order valence-corrected chi connectivity index (χ1v) is 5.30. The minimum absolute atomic E-state index is 0. The van der Waals surface area contributed by atoms with Crippen molar-refractivity contribution in [2.75, 3.05) is 7.11 Å². The number of hydrogen-bond donors (Lipinski definition) is 1. The van der Waals surface area contributed by atoms with Gasteiger partial charge in [-0.2, -0.15) is 13.2 Å². The zero-order valence-corrected chi connectivity index (χ0v) is 11.1. The molecule has 1 aromatic rings. The van der Waals surface area contributed by atoms with Gasteiger partial charge >= 0.3 is 6.18 Å². The molecule has 0 aromatic heterocycles. The summed E-state index contributed by atoms with van der Waals surface area (Å²) in [4.78, 5) is 0. The molecule has 0 bridgehead atoms. The lowest BCUT2D eigenvalue weighted by atomic mass is 9.98. The monoisotopic (exact) mass is 283 g/mol. The Morgan fingerprint density at radius 2 is 1.94 bits per heavy atom. The van der Waals surface area contributed by atoms with Crippen LogP contribution < -0.4 is 10.5 Å². The first kappa shape index (κ1) is 17.1. The largest absolute Gasteiger partial charge is 0.497 e. The van der Waals surface area contributed by atoms with Gasteiger partial charge in [-0.3, -0.25) is 0 Å². The summed E-state index contributed by atoms with van der Waals surface area (Å²) in [5, 5.41) is 0. The number of aryl methyl sites for hydroxylation is 1. The Morgan fingerprint density at radius 1 is 1.33 bits per heavy atom. The summed E-state index contributed by atoms with van der Waals surface area (Å²) in [6, 6.07) is 4.59. The topological polar surface area (TPSA) is 35.2 Å². The van der Waals surface area contributed by atoms with E-state index in [1.165, 1.54) is 7.11 Å². The number of halogens is 4. The van der Waals surface area contributed by atoms with Crippen LogP contribution in [-0.2, 0) is 0 Å². The van der Waals surface area contributed by atoms with Crippen LogP contribution in [0.4, 0.5) is 13.2 Å². The zero-order valence-electron chi connectivity index (χ0n) is 10.3. The molecule has 1 atom stereocenters. The predicted octanol–water partition coefficient (Wildman–Crippen LogP) is 3.77. The van der Waals surface area contributed by atoms with Crippen LogP contribution in [0.1, 0.15) is 30.0 Å². The molecule has 0 amide bonds. The van der Waals surface area contributed by atoms with Crippen molar-refractivity contribution in [3.8, 4) is 5.75 Å². The minimum atomic E-state index is -4.15. The summed E-state index contributed by atoms with van der Waals surface area (Å²) in [6.45, 7) is 1.81. The fourth-order valence-corrected chi connectivity index (χ4v) is 1.67. The van der Waals surface area contributed by atoms with Gasteiger partial charge in [0, 0.05) is 12.5 Å². The van der Waals surface area contributed by atoms with E-state index in [2.05, 4.69) is 0 Å². The highest BCUT2D eigenvalue weighted by molar-refractivity contribution is 5.85. The van der Waals surface area contributed by atoms with Gasteiger partial charge < -0.3 is 10.5 Å². The van der Waals surface area contributed by atoms with Crippen molar-refractivity contribution in [3.05, 3.63) is 29.3 Å². The number of benzene rings is 1. The fraction of sp³-hybridized carbons (Fsp3) is 0.500. The van der Waals surface area contributed by atoms with Gasteiger partial charge in [0.15, 0.2) is 0 Å². The van der Waals surface area contributed by atoms with Crippen LogP contribution in [0, 0.1) is 6.92 Å². The van der Waals surface area contributed by atoms with Crippen LogP contribution in [0.25, 0.3) is 0 Å². The molecule has 0 radical (unpaired) electrons. The van der Waals surface area contributed by atoms with Crippen molar-refractivity contribution in [1.82, 2.24) is 0 Å². The Labute approximate surface area is 111 Å². The average Bonchev–Trinajstić information content (AvgIpc) is 2.24. The van der Waals surface area contributed by atoms with E-state index in [0.717, 1.165) is 11.1 Å². The third-order valence-corrected chi connectivity index (χ3v) is 2.62. The lowest BCUT2D eigenvalue weighted by molar-refractivity contribution is -0.136. The van der Waals surface area contributed by atoms with Crippen molar-refractivity contribution < 1.29 is 17.9 Å². The number of hydrogen-bond acceptors (Lipinski definition) is 2. The Balaban J connectivity index is 0.00000289. The summed E-state index contributed by atoms with van der Waals surface area (Å²) >= 11 is 0. The van der Waals surface area contributed by atoms with Gasteiger partial charge in [0.1, 0.15) is 5.75 Å². The molecule has 0 aliphatic rings. The van der Waals surface area contributed by atoms with Crippen LogP contribution in [0.5, 0.6) is 5.75 Å². The molecular formula is C12H17ClF3NO. The molecule has 0 spiro atoms. The molecular weight excluding hydrogens is 267 g/mol. The summed E-state index contributed by atoms with van der Waals surface area (Å²) in [6.07, 6.45) is -5.12. The maximum Gasteiger partial charge on any atom is 0.389 e. The predicted molar refractivity (Wildman–Crippen MR) is 67.2 cm³/mol. The van der Waals surface area contributed by atoms with E-state index in [4.69, 9.17) is 10.5 Å². The van der Waals surface area contributed by atoms with E-state index in [1.807, 2.05) is 6.92 Å². The molecule has 0 saturated heterocycles. The molecule has 0 unspecified atom stereocenters. The van der Waals surface area contributed by atoms with Crippen molar-refractivity contribution in [3.63, 3.8) is 0 Å². The molecule has 18 heavy (non-hydrogen) atoms. The molecule has 0 aliphatic carbocycles. The lowest BCUT2D eigenvalue weighted by Gasteiger charge is -2.16. The zero-order chi connectivity index (χ0) is 13.1. The Morgan fingerprint density at radius 3 is 2.39 bits per heavy atom. The Hall–Kier alpha value is -0.940. The van der Waals surface area contributed by atoms with Gasteiger partial charge in [-0.25, -0.2) is 0 Å². The first-order valence-electron chi connectivity index (χ1n) is 5.30. The van der Waals surface area contributed by atoms with Gasteiger partial charge in [-0.15, -0.1) is 12.4 Å². The number of nitrogens with two attached hydrogens (primary N) is 1. The number of ether oxygens (including phenoxy) is 1. The maximum atomic E-state index is 12.1. The van der Waals surface area contributed by atoms with Crippen LogP contribution >= 0.6 is 12.4 Å². The van der Waals surface area contributed by atoms with Crippen LogP contribution in [0.2, 0.25) is 0 Å². The second-order valence-corrected chi connectivity index (χ2v) is 3.98. The van der Waals surface area contributed by atoms with Crippen LogP contribution in [0.15, 0.2) is 18.2 Å². The van der Waals surface area contributed by atoms with Crippen molar-refractivity contribution >= 4 is 12.4 Å². The first-order chi connectivity index (χ1) is 7.83. The number of rotatable bonds is 4. The second kappa shape index (κ2) is 6.85. The van der Waals surface area contributed by atoms with Crippen molar-refractivity contribution in [2.24, 2.45) is 5.73 Å². The van der Waals surface area contributed by atoms with E-state index in [0.29, 0.717) is 5.75 Å². The number of methoxy groups -OCH3 is 1. The molecule has 1 rings (SSSR count). The van der Waals surface area contributed by atoms with Gasteiger partial charge in [-0.05, 0) is 36.6 Å². The van der Waals surface area contributed by atoms with E-state index < -0.39 is 18.6 Å².